The zero-order chi connectivity index (χ0) is 13.4. The second-order valence-electron chi connectivity index (χ2n) is 4.01. The monoisotopic (exact) mass is 255 g/mol. The Morgan fingerprint density at radius 3 is 2.39 bits per heavy atom. The van der Waals surface area contributed by atoms with Crippen molar-refractivity contribution in [2.24, 2.45) is 0 Å². The normalized spacial score (nSPS) is 12.9. The van der Waals surface area contributed by atoms with Crippen molar-refractivity contribution in [3.63, 3.8) is 0 Å². The molecule has 1 unspecified atom stereocenters. The van der Waals surface area contributed by atoms with Crippen molar-refractivity contribution in [1.29, 1.82) is 0 Å². The van der Waals surface area contributed by atoms with Gasteiger partial charge in [0.2, 0.25) is 0 Å². The molecule has 0 saturated heterocycles. The highest BCUT2D eigenvalue weighted by Crippen LogP contribution is 2.11. The first-order valence-electron chi connectivity index (χ1n) is 6.36. The van der Waals surface area contributed by atoms with Crippen LogP contribution in [0.2, 0.25) is 0 Å². The molecule has 0 spiro atoms. The molecule has 1 rings (SSSR count). The molecule has 0 amide bonds. The van der Waals surface area contributed by atoms with E-state index in [-0.39, 0.29) is 18.1 Å². The minimum absolute atomic E-state index is 0.00620. The smallest absolute Gasteiger partial charge is 0.172 e. The van der Waals surface area contributed by atoms with Crippen LogP contribution < -0.4 is 5.32 Å². The van der Waals surface area contributed by atoms with Gasteiger partial charge in [0.25, 0.3) is 0 Å². The molecule has 18 heavy (non-hydrogen) atoms. The van der Waals surface area contributed by atoms with Gasteiger partial charge in [-0.15, -0.1) is 0 Å². The van der Waals surface area contributed by atoms with E-state index in [2.05, 4.69) is 5.32 Å². The van der Waals surface area contributed by atoms with Crippen LogP contribution in [-0.4, -0.2) is 32.6 Å². The van der Waals surface area contributed by atoms with Crippen molar-refractivity contribution < 1.29 is 13.9 Å². The van der Waals surface area contributed by atoms with Gasteiger partial charge in [0, 0.05) is 13.2 Å². The van der Waals surface area contributed by atoms with Crippen molar-refractivity contribution in [3.8, 4) is 0 Å². The van der Waals surface area contributed by atoms with Crippen LogP contribution in [-0.2, 0) is 15.9 Å². The lowest BCUT2D eigenvalue weighted by Gasteiger charge is -2.26. The van der Waals surface area contributed by atoms with Gasteiger partial charge in [-0.3, -0.25) is 0 Å². The van der Waals surface area contributed by atoms with E-state index < -0.39 is 0 Å². The van der Waals surface area contributed by atoms with E-state index in [0.29, 0.717) is 19.6 Å². The maximum Gasteiger partial charge on any atom is 0.172 e. The maximum absolute atomic E-state index is 13.1. The van der Waals surface area contributed by atoms with Gasteiger partial charge in [0.05, 0.1) is 6.04 Å². The molecule has 1 aromatic carbocycles. The molecule has 0 aliphatic carbocycles. The minimum Gasteiger partial charge on any atom is -0.351 e. The quantitative estimate of drug-likeness (QED) is 0.723. The first kappa shape index (κ1) is 15.1. The van der Waals surface area contributed by atoms with Gasteiger partial charge in [-0.25, -0.2) is 4.39 Å². The predicted molar refractivity (Wildman–Crippen MR) is 70.0 cm³/mol. The zero-order valence-electron chi connectivity index (χ0n) is 11.3. The number of halogens is 1. The summed E-state index contributed by atoms with van der Waals surface area (Å²) in [4.78, 5) is 0. The van der Waals surface area contributed by atoms with Crippen molar-refractivity contribution in [3.05, 3.63) is 35.6 Å². The summed E-state index contributed by atoms with van der Waals surface area (Å²) in [5, 5.41) is 3.17. The Hall–Kier alpha value is -0.970. The van der Waals surface area contributed by atoms with Crippen LogP contribution >= 0.6 is 0 Å². The highest BCUT2D eigenvalue weighted by molar-refractivity contribution is 5.17. The van der Waals surface area contributed by atoms with Gasteiger partial charge in [0.15, 0.2) is 6.29 Å². The molecule has 1 N–H and O–H groups in total. The molecule has 102 valence electrons. The number of hydrogen-bond donors (Lipinski definition) is 1. The van der Waals surface area contributed by atoms with Crippen LogP contribution in [0.15, 0.2) is 24.3 Å². The molecule has 0 aliphatic heterocycles. The van der Waals surface area contributed by atoms with Gasteiger partial charge >= 0.3 is 0 Å². The summed E-state index contributed by atoms with van der Waals surface area (Å²) < 4.78 is 24.3. The van der Waals surface area contributed by atoms with Crippen LogP contribution in [0.5, 0.6) is 0 Å². The lowest BCUT2D eigenvalue weighted by molar-refractivity contribution is -0.152. The SMILES string of the molecule is CCOC(OCC)C(Cc1cccc(F)c1)NC. The zero-order valence-corrected chi connectivity index (χ0v) is 11.3. The highest BCUT2D eigenvalue weighted by atomic mass is 19.1. The first-order valence-corrected chi connectivity index (χ1v) is 6.36. The summed E-state index contributed by atoms with van der Waals surface area (Å²) in [5.41, 5.74) is 0.929. The van der Waals surface area contributed by atoms with E-state index in [1.54, 1.807) is 12.1 Å². The van der Waals surface area contributed by atoms with Crippen molar-refractivity contribution in [2.75, 3.05) is 20.3 Å². The Morgan fingerprint density at radius 2 is 1.89 bits per heavy atom. The maximum atomic E-state index is 13.1. The lowest BCUT2D eigenvalue weighted by atomic mass is 10.1. The average Bonchev–Trinajstić information content (AvgIpc) is 2.36. The van der Waals surface area contributed by atoms with E-state index in [9.17, 15) is 4.39 Å². The van der Waals surface area contributed by atoms with Crippen LogP contribution in [0.4, 0.5) is 4.39 Å². The highest BCUT2D eigenvalue weighted by Gasteiger charge is 2.21. The third-order valence-electron chi connectivity index (χ3n) is 2.71. The molecule has 1 aromatic rings. The topological polar surface area (TPSA) is 30.5 Å². The summed E-state index contributed by atoms with van der Waals surface area (Å²) in [6.45, 7) is 5.04. The predicted octanol–water partition coefficient (Wildman–Crippen LogP) is 2.36. The van der Waals surface area contributed by atoms with Gasteiger partial charge in [-0.1, -0.05) is 12.1 Å². The van der Waals surface area contributed by atoms with E-state index >= 15 is 0 Å². The molecular formula is C14H22FNO2. The number of hydrogen-bond acceptors (Lipinski definition) is 3. The molecule has 0 aromatic heterocycles. The van der Waals surface area contributed by atoms with Crippen LogP contribution in [0.25, 0.3) is 0 Å². The molecule has 0 heterocycles. The molecule has 0 bridgehead atoms. The second kappa shape index (κ2) is 8.19. The summed E-state index contributed by atoms with van der Waals surface area (Å²) in [6.07, 6.45) is 0.354. The Bertz CT molecular complexity index is 340. The number of nitrogens with one attached hydrogen (secondary N) is 1. The van der Waals surface area contributed by atoms with Gasteiger partial charge < -0.3 is 14.8 Å². The number of ether oxygens (including phenoxy) is 2. The van der Waals surface area contributed by atoms with Crippen LogP contribution in [0.3, 0.4) is 0 Å². The fraction of sp³-hybridized carbons (Fsp3) is 0.571. The lowest BCUT2D eigenvalue weighted by Crippen LogP contribution is -2.42. The minimum atomic E-state index is -0.312. The molecule has 0 aliphatic rings. The summed E-state index contributed by atoms with van der Waals surface area (Å²) in [5.74, 6) is -0.216. The Balaban J connectivity index is 2.69. The van der Waals surface area contributed by atoms with E-state index in [0.717, 1.165) is 5.56 Å². The molecule has 0 saturated carbocycles. The standard InChI is InChI=1S/C14H22FNO2/c1-4-17-14(18-5-2)13(16-3)10-11-7-6-8-12(15)9-11/h6-9,13-14,16H,4-5,10H2,1-3H3. The third-order valence-corrected chi connectivity index (χ3v) is 2.71. The number of likely N-dealkylation sites (N-methyl/N-ethyl adjacent to an activating group) is 1. The third kappa shape index (κ3) is 4.72. The molecule has 0 radical (unpaired) electrons. The van der Waals surface area contributed by atoms with E-state index in [1.165, 1.54) is 6.07 Å². The Morgan fingerprint density at radius 1 is 1.22 bits per heavy atom. The second-order valence-corrected chi connectivity index (χ2v) is 4.01. The van der Waals surface area contributed by atoms with Crippen LogP contribution in [0.1, 0.15) is 19.4 Å². The van der Waals surface area contributed by atoms with Crippen molar-refractivity contribution in [2.45, 2.75) is 32.6 Å². The van der Waals surface area contributed by atoms with E-state index in [1.807, 2.05) is 27.0 Å². The first-order chi connectivity index (χ1) is 8.71. The van der Waals surface area contributed by atoms with Gasteiger partial charge in [0.1, 0.15) is 5.82 Å². The average molecular weight is 255 g/mol. The van der Waals surface area contributed by atoms with Crippen molar-refractivity contribution in [1.82, 2.24) is 5.32 Å². The Labute approximate surface area is 108 Å². The fourth-order valence-corrected chi connectivity index (χ4v) is 1.86. The fourth-order valence-electron chi connectivity index (χ4n) is 1.86. The van der Waals surface area contributed by atoms with Gasteiger partial charge in [-0.05, 0) is 45.0 Å². The molecule has 3 nitrogen and oxygen atoms in total. The Kier molecular flexibility index (Phi) is 6.86. The largest absolute Gasteiger partial charge is 0.351 e. The molecule has 4 heteroatoms. The van der Waals surface area contributed by atoms with Crippen LogP contribution in [0, 0.1) is 5.82 Å². The summed E-state index contributed by atoms with van der Waals surface area (Å²) in [7, 11) is 1.86. The van der Waals surface area contributed by atoms with Gasteiger partial charge in [-0.2, -0.15) is 0 Å². The number of benzene rings is 1. The number of rotatable bonds is 8. The molecular weight excluding hydrogens is 233 g/mol. The summed E-state index contributed by atoms with van der Waals surface area (Å²) >= 11 is 0. The van der Waals surface area contributed by atoms with E-state index in [4.69, 9.17) is 9.47 Å². The molecule has 0 fully saturated rings. The van der Waals surface area contributed by atoms with Crippen molar-refractivity contribution >= 4 is 0 Å². The summed E-state index contributed by atoms with van der Waals surface area (Å²) in [6, 6.07) is 6.61. The molecule has 1 atom stereocenters.